The molecule has 0 aliphatic carbocycles. The van der Waals surface area contributed by atoms with E-state index in [0.717, 1.165) is 0 Å². The number of hydrogen-bond acceptors (Lipinski definition) is 5. The average molecular weight is 396 g/mol. The summed E-state index contributed by atoms with van der Waals surface area (Å²) in [6.45, 7) is 3.73. The van der Waals surface area contributed by atoms with E-state index in [1.165, 1.54) is 30.3 Å². The molecule has 8 heteroatoms. The van der Waals surface area contributed by atoms with E-state index >= 15 is 0 Å². The molecule has 0 radical (unpaired) electrons. The topological polar surface area (TPSA) is 81.7 Å². The molecule has 2 rings (SSSR count). The van der Waals surface area contributed by atoms with Gasteiger partial charge >= 0.3 is 5.97 Å². The Hall–Kier alpha value is -2.35. The van der Waals surface area contributed by atoms with Gasteiger partial charge in [0.05, 0.1) is 10.5 Å². The van der Waals surface area contributed by atoms with E-state index in [4.69, 9.17) is 21.1 Å². The number of rotatable bonds is 9. The molecular weight excluding hydrogens is 378 g/mol. The zero-order valence-corrected chi connectivity index (χ0v) is 15.4. The highest BCUT2D eigenvalue weighted by atomic mass is 35.5. The highest BCUT2D eigenvalue weighted by molar-refractivity contribution is 7.89. The summed E-state index contributed by atoms with van der Waals surface area (Å²) in [4.78, 5) is 12.0. The second-order valence-electron chi connectivity index (χ2n) is 5.11. The third-order valence-electron chi connectivity index (χ3n) is 3.20. The van der Waals surface area contributed by atoms with Crippen molar-refractivity contribution in [3.8, 4) is 5.75 Å². The number of hydrogen-bond donors (Lipinski definition) is 1. The molecule has 0 bridgehead atoms. The van der Waals surface area contributed by atoms with Crippen LogP contribution < -0.4 is 9.46 Å². The van der Waals surface area contributed by atoms with Crippen LogP contribution in [-0.4, -0.2) is 34.1 Å². The van der Waals surface area contributed by atoms with Crippen LogP contribution in [0.4, 0.5) is 0 Å². The van der Waals surface area contributed by atoms with E-state index in [9.17, 15) is 13.2 Å². The molecule has 0 amide bonds. The van der Waals surface area contributed by atoms with E-state index in [0.29, 0.717) is 10.8 Å². The molecule has 0 aliphatic heterocycles. The Balaban J connectivity index is 1.90. The number of carbonyl (C=O) groups is 1. The molecule has 2 aromatic carbocycles. The number of benzene rings is 2. The zero-order valence-electron chi connectivity index (χ0n) is 13.9. The lowest BCUT2D eigenvalue weighted by Crippen LogP contribution is -2.24. The molecule has 6 nitrogen and oxygen atoms in total. The van der Waals surface area contributed by atoms with Crippen molar-refractivity contribution in [2.24, 2.45) is 0 Å². The molecule has 2 aromatic rings. The summed E-state index contributed by atoms with van der Waals surface area (Å²) in [7, 11) is -3.71. The first-order valence-corrected chi connectivity index (χ1v) is 9.54. The van der Waals surface area contributed by atoms with Gasteiger partial charge in [0.25, 0.3) is 0 Å². The van der Waals surface area contributed by atoms with Crippen molar-refractivity contribution in [2.45, 2.75) is 4.90 Å². The molecule has 138 valence electrons. The van der Waals surface area contributed by atoms with Crippen molar-refractivity contribution in [3.63, 3.8) is 0 Å². The fourth-order valence-corrected chi connectivity index (χ4v) is 3.12. The van der Waals surface area contributed by atoms with Gasteiger partial charge in [-0.2, -0.15) is 0 Å². The Bertz CT molecular complexity index is 865. The van der Waals surface area contributed by atoms with Crippen LogP contribution >= 0.6 is 11.6 Å². The Kier molecular flexibility index (Phi) is 7.20. The van der Waals surface area contributed by atoms with Crippen LogP contribution in [0.5, 0.6) is 5.75 Å². The summed E-state index contributed by atoms with van der Waals surface area (Å²) in [5, 5.41) is 0.598. The van der Waals surface area contributed by atoms with E-state index in [2.05, 4.69) is 11.3 Å². The Morgan fingerprint density at radius 1 is 1.15 bits per heavy atom. The average Bonchev–Trinajstić information content (AvgIpc) is 2.65. The number of nitrogens with one attached hydrogen (secondary N) is 1. The predicted octanol–water partition coefficient (Wildman–Crippen LogP) is 3.04. The standard InChI is InChI=1S/C18H18ClNO5S/c1-2-10-20-26(22,23)17-5-3-4-14(13-17)18(21)25-12-11-24-16-8-6-15(19)7-9-16/h2-9,13,20H,1,10-12H2. The predicted molar refractivity (Wildman–Crippen MR) is 99.1 cm³/mol. The van der Waals surface area contributed by atoms with Crippen molar-refractivity contribution < 1.29 is 22.7 Å². The maximum atomic E-state index is 12.1. The second-order valence-corrected chi connectivity index (χ2v) is 7.31. The van der Waals surface area contributed by atoms with Crippen LogP contribution in [0.25, 0.3) is 0 Å². The summed E-state index contributed by atoms with van der Waals surface area (Å²) in [6.07, 6.45) is 1.43. The Labute approximate surface area is 157 Å². The Morgan fingerprint density at radius 2 is 1.88 bits per heavy atom. The molecule has 0 fully saturated rings. The summed E-state index contributed by atoms with van der Waals surface area (Å²) >= 11 is 5.78. The van der Waals surface area contributed by atoms with Crippen molar-refractivity contribution in [2.75, 3.05) is 19.8 Å². The monoisotopic (exact) mass is 395 g/mol. The molecule has 26 heavy (non-hydrogen) atoms. The van der Waals surface area contributed by atoms with Crippen molar-refractivity contribution in [1.29, 1.82) is 0 Å². The minimum Gasteiger partial charge on any atom is -0.490 e. The molecule has 0 spiro atoms. The first-order chi connectivity index (χ1) is 12.4. The number of ether oxygens (including phenoxy) is 2. The minimum absolute atomic E-state index is 0.0210. The van der Waals surface area contributed by atoms with Crippen molar-refractivity contribution in [3.05, 3.63) is 71.8 Å². The number of esters is 1. The van der Waals surface area contributed by atoms with E-state index in [-0.39, 0.29) is 30.2 Å². The number of carbonyl (C=O) groups excluding carboxylic acids is 1. The summed E-state index contributed by atoms with van der Waals surface area (Å²) < 4.78 is 37.0. The van der Waals surface area contributed by atoms with Gasteiger partial charge in [0.2, 0.25) is 10.0 Å². The first kappa shape index (κ1) is 20.0. The summed E-state index contributed by atoms with van der Waals surface area (Å²) in [5.41, 5.74) is 0.137. The van der Waals surface area contributed by atoms with Crippen LogP contribution in [-0.2, 0) is 14.8 Å². The maximum Gasteiger partial charge on any atom is 0.338 e. The highest BCUT2D eigenvalue weighted by Gasteiger charge is 2.16. The Morgan fingerprint density at radius 3 is 2.58 bits per heavy atom. The van der Waals surface area contributed by atoms with Gasteiger partial charge in [0.1, 0.15) is 19.0 Å². The number of sulfonamides is 1. The minimum atomic E-state index is -3.71. The van der Waals surface area contributed by atoms with Crippen LogP contribution in [0, 0.1) is 0 Å². The number of halogens is 1. The maximum absolute atomic E-state index is 12.1. The normalized spacial score (nSPS) is 11.0. The largest absolute Gasteiger partial charge is 0.490 e. The molecule has 0 atom stereocenters. The molecule has 1 N–H and O–H groups in total. The van der Waals surface area contributed by atoms with Gasteiger partial charge in [-0.1, -0.05) is 23.7 Å². The molecule has 0 saturated heterocycles. The SMILES string of the molecule is C=CCNS(=O)(=O)c1cccc(C(=O)OCCOc2ccc(Cl)cc2)c1. The fraction of sp³-hybridized carbons (Fsp3) is 0.167. The van der Waals surface area contributed by atoms with Crippen molar-refractivity contribution >= 4 is 27.6 Å². The van der Waals surface area contributed by atoms with Gasteiger partial charge in [-0.05, 0) is 42.5 Å². The zero-order chi connectivity index (χ0) is 19.0. The summed E-state index contributed by atoms with van der Waals surface area (Å²) in [6, 6.07) is 12.4. The lowest BCUT2D eigenvalue weighted by molar-refractivity contribution is 0.0450. The van der Waals surface area contributed by atoms with E-state index in [1.807, 2.05) is 0 Å². The highest BCUT2D eigenvalue weighted by Crippen LogP contribution is 2.15. The van der Waals surface area contributed by atoms with Gasteiger partial charge in [-0.25, -0.2) is 17.9 Å². The van der Waals surface area contributed by atoms with Gasteiger partial charge in [-0.3, -0.25) is 0 Å². The third kappa shape index (κ3) is 5.87. The quantitative estimate of drug-likeness (QED) is 0.401. The van der Waals surface area contributed by atoms with E-state index in [1.54, 1.807) is 24.3 Å². The van der Waals surface area contributed by atoms with Crippen LogP contribution in [0.1, 0.15) is 10.4 Å². The molecule has 0 unspecified atom stereocenters. The van der Waals surface area contributed by atoms with Gasteiger partial charge in [-0.15, -0.1) is 6.58 Å². The van der Waals surface area contributed by atoms with Gasteiger partial charge < -0.3 is 9.47 Å². The lowest BCUT2D eigenvalue weighted by atomic mass is 10.2. The first-order valence-electron chi connectivity index (χ1n) is 7.68. The van der Waals surface area contributed by atoms with Gasteiger partial charge in [0, 0.05) is 11.6 Å². The van der Waals surface area contributed by atoms with Crippen LogP contribution in [0.15, 0.2) is 66.1 Å². The molecule has 0 aromatic heterocycles. The molecule has 0 saturated carbocycles. The van der Waals surface area contributed by atoms with Crippen LogP contribution in [0.3, 0.4) is 0 Å². The molecule has 0 heterocycles. The van der Waals surface area contributed by atoms with E-state index < -0.39 is 16.0 Å². The van der Waals surface area contributed by atoms with Crippen molar-refractivity contribution in [1.82, 2.24) is 4.72 Å². The third-order valence-corrected chi connectivity index (χ3v) is 4.87. The smallest absolute Gasteiger partial charge is 0.338 e. The summed E-state index contributed by atoms with van der Waals surface area (Å²) in [5.74, 6) is -0.0303. The fourth-order valence-electron chi connectivity index (χ4n) is 1.95. The second kappa shape index (κ2) is 9.38. The van der Waals surface area contributed by atoms with Crippen LogP contribution in [0.2, 0.25) is 5.02 Å². The molecule has 0 aliphatic rings. The molecular formula is C18H18ClNO5S. The van der Waals surface area contributed by atoms with Gasteiger partial charge in [0.15, 0.2) is 0 Å². The lowest BCUT2D eigenvalue weighted by Gasteiger charge is -2.09.